The van der Waals surface area contributed by atoms with E-state index in [1.807, 2.05) is 6.92 Å². The summed E-state index contributed by atoms with van der Waals surface area (Å²) < 4.78 is 12.7. The van der Waals surface area contributed by atoms with Gasteiger partial charge in [-0.3, -0.25) is 5.32 Å². The molecule has 1 aromatic heterocycles. The predicted molar refractivity (Wildman–Crippen MR) is 74.0 cm³/mol. The van der Waals surface area contributed by atoms with Crippen LogP contribution in [-0.4, -0.2) is 17.6 Å². The van der Waals surface area contributed by atoms with Crippen LogP contribution >= 0.6 is 11.3 Å². The lowest BCUT2D eigenvalue weighted by Crippen LogP contribution is -2.30. The van der Waals surface area contributed by atoms with Crippen molar-refractivity contribution in [1.82, 2.24) is 10.3 Å². The maximum atomic E-state index is 12.7. The number of thiazole rings is 1. The number of hydrogen-bond acceptors (Lipinski definition) is 3. The number of nitrogens with one attached hydrogen (secondary N) is 2. The average molecular weight is 279 g/mol. The largest absolute Gasteiger partial charge is 0.337 e. The molecular weight excluding hydrogens is 265 g/mol. The quantitative estimate of drug-likeness (QED) is 0.904. The van der Waals surface area contributed by atoms with Crippen LogP contribution in [0.3, 0.4) is 0 Å². The summed E-state index contributed by atoms with van der Waals surface area (Å²) in [6.07, 6.45) is 2.36. The van der Waals surface area contributed by atoms with Crippen LogP contribution in [-0.2, 0) is 6.42 Å². The third-order valence-electron chi connectivity index (χ3n) is 2.45. The first-order chi connectivity index (χ1) is 9.13. The summed E-state index contributed by atoms with van der Waals surface area (Å²) in [4.78, 5) is 16.6. The molecule has 0 atom stereocenters. The van der Waals surface area contributed by atoms with Gasteiger partial charge in [0.05, 0.1) is 0 Å². The lowest BCUT2D eigenvalue weighted by atomic mass is 10.1. The molecule has 2 rings (SSSR count). The zero-order chi connectivity index (χ0) is 13.7. The highest BCUT2D eigenvalue weighted by Gasteiger charge is 2.04. The van der Waals surface area contributed by atoms with Gasteiger partial charge in [-0.1, -0.05) is 12.1 Å². The molecule has 6 heteroatoms. The Bertz CT molecular complexity index is 553. The molecule has 0 spiro atoms. The van der Waals surface area contributed by atoms with Gasteiger partial charge >= 0.3 is 6.03 Å². The first-order valence-corrected chi connectivity index (χ1v) is 6.67. The third kappa shape index (κ3) is 4.33. The van der Waals surface area contributed by atoms with Crippen molar-refractivity contribution in [2.75, 3.05) is 11.9 Å². The van der Waals surface area contributed by atoms with E-state index in [9.17, 15) is 9.18 Å². The monoisotopic (exact) mass is 279 g/mol. The molecule has 0 aliphatic heterocycles. The van der Waals surface area contributed by atoms with Crippen molar-refractivity contribution in [3.63, 3.8) is 0 Å². The summed E-state index contributed by atoms with van der Waals surface area (Å²) in [6.45, 7) is 2.41. The number of anilines is 1. The number of halogens is 1. The normalized spacial score (nSPS) is 10.2. The molecule has 0 saturated carbocycles. The number of urea groups is 1. The molecule has 0 saturated heterocycles. The third-order valence-corrected chi connectivity index (χ3v) is 3.28. The van der Waals surface area contributed by atoms with Gasteiger partial charge in [-0.25, -0.2) is 14.2 Å². The molecule has 2 aromatic rings. The molecule has 1 heterocycles. The van der Waals surface area contributed by atoms with Gasteiger partial charge < -0.3 is 5.32 Å². The van der Waals surface area contributed by atoms with Crippen LogP contribution in [0.25, 0.3) is 0 Å². The molecule has 0 aliphatic carbocycles. The highest BCUT2D eigenvalue weighted by atomic mass is 32.1. The number of aromatic nitrogens is 1. The molecule has 0 fully saturated rings. The Hall–Kier alpha value is -1.95. The fourth-order valence-corrected chi connectivity index (χ4v) is 2.18. The zero-order valence-electron chi connectivity index (χ0n) is 10.4. The van der Waals surface area contributed by atoms with E-state index in [4.69, 9.17) is 0 Å². The Morgan fingerprint density at radius 2 is 2.11 bits per heavy atom. The second kappa shape index (κ2) is 6.29. The summed E-state index contributed by atoms with van der Waals surface area (Å²) in [5, 5.41) is 5.96. The van der Waals surface area contributed by atoms with E-state index in [0.29, 0.717) is 18.1 Å². The van der Waals surface area contributed by atoms with Gasteiger partial charge in [-0.05, 0) is 31.0 Å². The highest BCUT2D eigenvalue weighted by molar-refractivity contribution is 7.15. The van der Waals surface area contributed by atoms with Crippen molar-refractivity contribution in [3.05, 3.63) is 46.7 Å². The maximum Gasteiger partial charge on any atom is 0.321 e. The minimum Gasteiger partial charge on any atom is -0.337 e. The summed E-state index contributed by atoms with van der Waals surface area (Å²) in [5.41, 5.74) is 0.979. The van der Waals surface area contributed by atoms with Crippen molar-refractivity contribution in [2.24, 2.45) is 0 Å². The van der Waals surface area contributed by atoms with E-state index in [1.54, 1.807) is 18.3 Å². The lowest BCUT2D eigenvalue weighted by molar-refractivity contribution is 0.252. The Kier molecular flexibility index (Phi) is 4.46. The smallest absolute Gasteiger partial charge is 0.321 e. The number of nitrogens with zero attached hydrogens (tertiary/aromatic N) is 1. The number of benzene rings is 1. The first kappa shape index (κ1) is 13.5. The molecule has 1 aromatic carbocycles. The molecule has 0 radical (unpaired) electrons. The molecule has 0 aliphatic rings. The Morgan fingerprint density at radius 1 is 1.37 bits per heavy atom. The van der Waals surface area contributed by atoms with Crippen molar-refractivity contribution in [1.29, 1.82) is 0 Å². The highest BCUT2D eigenvalue weighted by Crippen LogP contribution is 2.15. The second-order valence-electron chi connectivity index (χ2n) is 4.03. The van der Waals surface area contributed by atoms with Crippen LogP contribution in [0.15, 0.2) is 30.5 Å². The fourth-order valence-electron chi connectivity index (χ4n) is 1.53. The van der Waals surface area contributed by atoms with Crippen molar-refractivity contribution < 1.29 is 9.18 Å². The van der Waals surface area contributed by atoms with Crippen LogP contribution in [0.1, 0.15) is 10.4 Å². The topological polar surface area (TPSA) is 54.0 Å². The second-order valence-corrected chi connectivity index (χ2v) is 5.27. The van der Waals surface area contributed by atoms with Crippen molar-refractivity contribution >= 4 is 22.5 Å². The minimum absolute atomic E-state index is 0.256. The molecule has 19 heavy (non-hydrogen) atoms. The van der Waals surface area contributed by atoms with Gasteiger partial charge in [0.2, 0.25) is 0 Å². The van der Waals surface area contributed by atoms with Gasteiger partial charge in [0.25, 0.3) is 0 Å². The molecule has 2 N–H and O–H groups in total. The van der Waals surface area contributed by atoms with Crippen LogP contribution in [0.2, 0.25) is 0 Å². The maximum absolute atomic E-state index is 12.7. The molecule has 2 amide bonds. The van der Waals surface area contributed by atoms with E-state index < -0.39 is 0 Å². The predicted octanol–water partition coefficient (Wildman–Crippen LogP) is 2.95. The Labute approximate surface area is 114 Å². The minimum atomic E-state index is -0.281. The van der Waals surface area contributed by atoms with Crippen molar-refractivity contribution in [3.8, 4) is 0 Å². The number of rotatable bonds is 4. The van der Waals surface area contributed by atoms with E-state index in [1.165, 1.54) is 23.5 Å². The Balaban J connectivity index is 1.73. The van der Waals surface area contributed by atoms with E-state index in [-0.39, 0.29) is 11.8 Å². The number of carbonyl (C=O) groups excluding carboxylic acids is 1. The number of aryl methyl sites for hydroxylation is 1. The first-order valence-electron chi connectivity index (χ1n) is 5.85. The van der Waals surface area contributed by atoms with Crippen LogP contribution < -0.4 is 10.6 Å². The lowest BCUT2D eigenvalue weighted by Gasteiger charge is -2.05. The van der Waals surface area contributed by atoms with Gasteiger partial charge in [0, 0.05) is 17.6 Å². The van der Waals surface area contributed by atoms with Gasteiger partial charge in [0.1, 0.15) is 5.82 Å². The fraction of sp³-hybridized carbons (Fsp3) is 0.231. The molecular formula is C13H14FN3OS. The number of carbonyl (C=O) groups is 1. The molecule has 100 valence electrons. The summed E-state index contributed by atoms with van der Waals surface area (Å²) in [6, 6.07) is 5.95. The summed E-state index contributed by atoms with van der Waals surface area (Å²) in [5.74, 6) is -0.256. The SMILES string of the molecule is Cc1cnc(NC(=O)NCCc2ccc(F)cc2)s1. The van der Waals surface area contributed by atoms with Gasteiger partial charge in [-0.15, -0.1) is 11.3 Å². The summed E-state index contributed by atoms with van der Waals surface area (Å²) >= 11 is 1.42. The van der Waals surface area contributed by atoms with Crippen molar-refractivity contribution in [2.45, 2.75) is 13.3 Å². The molecule has 0 bridgehead atoms. The van der Waals surface area contributed by atoms with Gasteiger partial charge in [0.15, 0.2) is 5.13 Å². The standard InChI is InChI=1S/C13H14FN3OS/c1-9-8-16-13(19-9)17-12(18)15-7-6-10-2-4-11(14)5-3-10/h2-5,8H,6-7H2,1H3,(H2,15,16,17,18). The van der Waals surface area contributed by atoms with E-state index >= 15 is 0 Å². The Morgan fingerprint density at radius 3 is 2.74 bits per heavy atom. The van der Waals surface area contributed by atoms with E-state index in [2.05, 4.69) is 15.6 Å². The van der Waals surface area contributed by atoms with E-state index in [0.717, 1.165) is 10.4 Å². The number of hydrogen-bond donors (Lipinski definition) is 2. The van der Waals surface area contributed by atoms with Crippen LogP contribution in [0.4, 0.5) is 14.3 Å². The molecule has 4 nitrogen and oxygen atoms in total. The van der Waals surface area contributed by atoms with Gasteiger partial charge in [-0.2, -0.15) is 0 Å². The van der Waals surface area contributed by atoms with Crippen LogP contribution in [0.5, 0.6) is 0 Å². The molecule has 0 unspecified atom stereocenters. The zero-order valence-corrected chi connectivity index (χ0v) is 11.3. The van der Waals surface area contributed by atoms with Crippen LogP contribution in [0, 0.1) is 12.7 Å². The number of amides is 2. The summed E-state index contributed by atoms with van der Waals surface area (Å²) in [7, 11) is 0. The average Bonchev–Trinajstić information content (AvgIpc) is 2.77.